The van der Waals surface area contributed by atoms with E-state index in [-0.39, 0.29) is 27.4 Å². The van der Waals surface area contributed by atoms with Crippen molar-refractivity contribution in [2.24, 2.45) is 0 Å². The predicted octanol–water partition coefficient (Wildman–Crippen LogP) is 4.16. The zero-order chi connectivity index (χ0) is 23.5. The Kier molecular flexibility index (Phi) is 6.77. The van der Waals surface area contributed by atoms with Gasteiger partial charge in [0.05, 0.1) is 36.9 Å². The number of rotatable bonds is 7. The Bertz CT molecular complexity index is 1410. The van der Waals surface area contributed by atoms with Crippen LogP contribution >= 0.6 is 35.0 Å². The summed E-state index contributed by atoms with van der Waals surface area (Å²) in [5.74, 6) is 0.706. The maximum Gasteiger partial charge on any atom is 0.269 e. The number of fused-ring (bicyclic) bond motifs is 1. The van der Waals surface area contributed by atoms with Crippen molar-refractivity contribution in [2.45, 2.75) is 5.16 Å². The monoisotopic (exact) mass is 505 g/mol. The third-order valence-electron chi connectivity index (χ3n) is 4.60. The van der Waals surface area contributed by atoms with Crippen molar-refractivity contribution in [3.63, 3.8) is 0 Å². The number of carbonyl (C=O) groups is 1. The third kappa shape index (κ3) is 4.77. The van der Waals surface area contributed by atoms with Crippen molar-refractivity contribution in [3.05, 3.63) is 63.0 Å². The van der Waals surface area contributed by atoms with E-state index in [2.05, 4.69) is 20.5 Å². The largest absolute Gasteiger partial charge is 0.493 e. The summed E-state index contributed by atoms with van der Waals surface area (Å²) >= 11 is 13.4. The highest BCUT2D eigenvalue weighted by molar-refractivity contribution is 7.99. The molecule has 170 valence electrons. The molecule has 0 spiro atoms. The summed E-state index contributed by atoms with van der Waals surface area (Å²) in [6, 6.07) is 9.81. The fourth-order valence-electron chi connectivity index (χ4n) is 3.09. The van der Waals surface area contributed by atoms with E-state index in [1.165, 1.54) is 31.0 Å². The number of H-pyrrole nitrogens is 1. The van der Waals surface area contributed by atoms with E-state index in [0.717, 1.165) is 11.8 Å². The van der Waals surface area contributed by atoms with Crippen LogP contribution in [-0.4, -0.2) is 45.6 Å². The second kappa shape index (κ2) is 9.74. The molecular weight excluding hydrogens is 489 g/mol. The van der Waals surface area contributed by atoms with Crippen LogP contribution in [-0.2, 0) is 4.79 Å². The molecule has 12 heteroatoms. The van der Waals surface area contributed by atoms with Crippen LogP contribution in [0.3, 0.4) is 0 Å². The van der Waals surface area contributed by atoms with Gasteiger partial charge in [-0.3, -0.25) is 19.3 Å². The number of nitrogens with zero attached hydrogens (tertiary/aromatic N) is 3. The Balaban J connectivity index is 1.62. The number of carbonyl (C=O) groups excluding carboxylic acids is 1. The lowest BCUT2D eigenvalue weighted by Crippen LogP contribution is -2.23. The van der Waals surface area contributed by atoms with E-state index in [1.54, 1.807) is 30.3 Å². The molecule has 0 fully saturated rings. The highest BCUT2D eigenvalue weighted by atomic mass is 35.5. The Morgan fingerprint density at radius 2 is 1.94 bits per heavy atom. The first-order chi connectivity index (χ1) is 15.9. The zero-order valence-electron chi connectivity index (χ0n) is 17.4. The number of anilines is 1. The smallest absolute Gasteiger partial charge is 0.269 e. The van der Waals surface area contributed by atoms with Gasteiger partial charge in [0.15, 0.2) is 22.3 Å². The number of methoxy groups -OCH3 is 2. The molecule has 0 saturated heterocycles. The Hall–Kier alpha value is -3.21. The number of thioether (sulfide) groups is 1. The summed E-state index contributed by atoms with van der Waals surface area (Å²) in [5, 5.41) is 10.6. The van der Waals surface area contributed by atoms with Crippen LogP contribution in [0.2, 0.25) is 10.0 Å². The van der Waals surface area contributed by atoms with Crippen molar-refractivity contribution in [3.8, 4) is 17.2 Å². The maximum atomic E-state index is 13.1. The number of hydrogen-bond donors (Lipinski definition) is 2. The first-order valence-electron chi connectivity index (χ1n) is 9.47. The van der Waals surface area contributed by atoms with Gasteiger partial charge >= 0.3 is 0 Å². The van der Waals surface area contributed by atoms with Crippen LogP contribution in [0.4, 0.5) is 5.69 Å². The molecule has 9 nitrogen and oxygen atoms in total. The molecule has 33 heavy (non-hydrogen) atoms. The predicted molar refractivity (Wildman–Crippen MR) is 128 cm³/mol. The average molecular weight is 506 g/mol. The van der Waals surface area contributed by atoms with E-state index in [1.807, 2.05) is 0 Å². The van der Waals surface area contributed by atoms with Crippen molar-refractivity contribution in [2.75, 3.05) is 25.3 Å². The topological polar surface area (TPSA) is 111 Å². The van der Waals surface area contributed by atoms with Gasteiger partial charge in [0.1, 0.15) is 5.39 Å². The van der Waals surface area contributed by atoms with Gasteiger partial charge < -0.3 is 14.8 Å². The first kappa shape index (κ1) is 23.0. The highest BCUT2D eigenvalue weighted by Crippen LogP contribution is 2.30. The van der Waals surface area contributed by atoms with Gasteiger partial charge in [-0.25, -0.2) is 4.98 Å². The second-order valence-electron chi connectivity index (χ2n) is 6.67. The van der Waals surface area contributed by atoms with E-state index < -0.39 is 0 Å². The van der Waals surface area contributed by atoms with Crippen LogP contribution in [0, 0.1) is 0 Å². The Labute approximate surface area is 202 Å². The van der Waals surface area contributed by atoms with Crippen LogP contribution in [0.25, 0.3) is 16.7 Å². The molecule has 0 radical (unpaired) electrons. The SMILES string of the molecule is COc1ccc(NC(=O)CSc2nc3[nH]ncc3c(=O)n2-c2ccc(Cl)cc2Cl)cc1OC. The zero-order valence-corrected chi connectivity index (χ0v) is 19.7. The van der Waals surface area contributed by atoms with E-state index in [4.69, 9.17) is 32.7 Å². The summed E-state index contributed by atoms with van der Waals surface area (Å²) < 4.78 is 11.8. The number of benzene rings is 2. The summed E-state index contributed by atoms with van der Waals surface area (Å²) in [7, 11) is 3.04. The van der Waals surface area contributed by atoms with Gasteiger partial charge in [-0.05, 0) is 30.3 Å². The van der Waals surface area contributed by atoms with E-state index in [9.17, 15) is 9.59 Å². The first-order valence-corrected chi connectivity index (χ1v) is 11.2. The van der Waals surface area contributed by atoms with Crippen molar-refractivity contribution in [1.82, 2.24) is 19.7 Å². The number of nitrogens with one attached hydrogen (secondary N) is 2. The maximum absolute atomic E-state index is 13.1. The molecule has 2 heterocycles. The molecule has 2 aromatic carbocycles. The van der Waals surface area contributed by atoms with Gasteiger partial charge in [0.2, 0.25) is 5.91 Å². The van der Waals surface area contributed by atoms with Crippen LogP contribution in [0.15, 0.2) is 52.5 Å². The van der Waals surface area contributed by atoms with Crippen molar-refractivity contribution >= 4 is 57.6 Å². The number of halogens is 2. The lowest BCUT2D eigenvalue weighted by Gasteiger charge is -2.14. The highest BCUT2D eigenvalue weighted by Gasteiger charge is 2.18. The quantitative estimate of drug-likeness (QED) is 0.286. The van der Waals surface area contributed by atoms with Gasteiger partial charge in [-0.15, -0.1) is 0 Å². The van der Waals surface area contributed by atoms with Crippen LogP contribution < -0.4 is 20.3 Å². The molecular formula is C21H17Cl2N5O4S. The molecule has 0 saturated carbocycles. The number of amides is 1. The molecule has 2 N–H and O–H groups in total. The summed E-state index contributed by atoms with van der Waals surface area (Å²) in [5.41, 5.74) is 0.864. The molecule has 0 bridgehead atoms. The fourth-order valence-corrected chi connectivity index (χ4v) is 4.38. The Morgan fingerprint density at radius 1 is 1.15 bits per heavy atom. The molecule has 0 aliphatic heterocycles. The standard InChI is InChI=1S/C21H17Cl2N5O4S/c1-31-16-6-4-12(8-17(16)32-2)25-18(29)10-33-21-26-19-13(9-24-27-19)20(30)28(21)15-5-3-11(22)7-14(15)23/h3-9H,10H2,1-2H3,(H,24,27)(H,25,29). The average Bonchev–Trinajstić information content (AvgIpc) is 3.27. The van der Waals surface area contributed by atoms with Gasteiger partial charge in [0.25, 0.3) is 5.56 Å². The minimum absolute atomic E-state index is 0.0222. The lowest BCUT2D eigenvalue weighted by atomic mass is 10.2. The molecule has 0 aliphatic carbocycles. The van der Waals surface area contributed by atoms with E-state index in [0.29, 0.717) is 38.9 Å². The van der Waals surface area contributed by atoms with Crippen molar-refractivity contribution in [1.29, 1.82) is 0 Å². The normalized spacial score (nSPS) is 10.9. The minimum Gasteiger partial charge on any atom is -0.493 e. The number of aromatic nitrogens is 4. The van der Waals surface area contributed by atoms with Crippen LogP contribution in [0.1, 0.15) is 0 Å². The molecule has 1 amide bonds. The fraction of sp³-hybridized carbons (Fsp3) is 0.143. The van der Waals surface area contributed by atoms with Crippen LogP contribution in [0.5, 0.6) is 11.5 Å². The summed E-state index contributed by atoms with van der Waals surface area (Å²) in [6.45, 7) is 0. The molecule has 0 aliphatic rings. The molecule has 4 aromatic rings. The molecule has 0 unspecified atom stereocenters. The number of aromatic amines is 1. The second-order valence-corrected chi connectivity index (χ2v) is 8.46. The van der Waals surface area contributed by atoms with Gasteiger partial charge in [-0.1, -0.05) is 35.0 Å². The number of hydrogen-bond acceptors (Lipinski definition) is 7. The molecule has 2 aromatic heterocycles. The summed E-state index contributed by atoms with van der Waals surface area (Å²) in [4.78, 5) is 30.2. The summed E-state index contributed by atoms with van der Waals surface area (Å²) in [6.07, 6.45) is 1.39. The minimum atomic E-state index is -0.374. The third-order valence-corrected chi connectivity index (χ3v) is 6.08. The van der Waals surface area contributed by atoms with Gasteiger partial charge in [0, 0.05) is 16.8 Å². The molecule has 4 rings (SSSR count). The molecule has 0 atom stereocenters. The lowest BCUT2D eigenvalue weighted by molar-refractivity contribution is -0.113. The number of ether oxygens (including phenoxy) is 2. The Morgan fingerprint density at radius 3 is 2.67 bits per heavy atom. The van der Waals surface area contributed by atoms with Crippen molar-refractivity contribution < 1.29 is 14.3 Å². The van der Waals surface area contributed by atoms with E-state index >= 15 is 0 Å². The van der Waals surface area contributed by atoms with Gasteiger partial charge in [-0.2, -0.15) is 5.10 Å².